The number of halogens is 1. The Morgan fingerprint density at radius 3 is 2.29 bits per heavy atom. The van der Waals surface area contributed by atoms with Gasteiger partial charge in [-0.15, -0.1) is 11.3 Å². The van der Waals surface area contributed by atoms with Crippen molar-refractivity contribution in [3.8, 4) is 0 Å². The highest BCUT2D eigenvalue weighted by Gasteiger charge is 2.26. The highest BCUT2D eigenvalue weighted by molar-refractivity contribution is 7.08. The van der Waals surface area contributed by atoms with E-state index in [9.17, 15) is 9.59 Å². The third-order valence-electron chi connectivity index (χ3n) is 4.94. The van der Waals surface area contributed by atoms with Crippen LogP contribution in [0, 0.1) is 0 Å². The van der Waals surface area contributed by atoms with Crippen LogP contribution in [0.4, 0.5) is 17.1 Å². The zero-order valence-corrected chi connectivity index (χ0v) is 18.7. The average Bonchev–Trinajstić information content (AvgIpc) is 3.17. The lowest BCUT2D eigenvalue weighted by atomic mass is 10.2. The first-order chi connectivity index (χ1) is 14.8. The van der Waals surface area contributed by atoms with Crippen molar-refractivity contribution >= 4 is 57.8 Å². The van der Waals surface area contributed by atoms with Crippen LogP contribution in [-0.2, 0) is 9.59 Å². The lowest BCUT2D eigenvalue weighted by Gasteiger charge is -2.34. The molecule has 0 saturated carbocycles. The Labute approximate surface area is 189 Å². The molecule has 0 spiro atoms. The number of rotatable bonds is 2. The first-order valence-corrected chi connectivity index (χ1v) is 10.8. The first-order valence-electron chi connectivity index (χ1n) is 9.52. The Balaban J connectivity index is 0.000000293. The topological polar surface area (TPSA) is 96.7 Å². The average molecular weight is 463 g/mol. The molecular weight excluding hydrogens is 440 g/mol. The third-order valence-corrected chi connectivity index (χ3v) is 5.91. The van der Waals surface area contributed by atoms with E-state index in [0.717, 1.165) is 48.4 Å². The highest BCUT2D eigenvalue weighted by atomic mass is 35.5. The molecule has 2 aromatic rings. The Hall–Kier alpha value is -2.88. The minimum atomic E-state index is -1.26. The van der Waals surface area contributed by atoms with Crippen molar-refractivity contribution in [2.45, 2.75) is 0 Å². The second kappa shape index (κ2) is 9.95. The van der Waals surface area contributed by atoms with E-state index >= 15 is 0 Å². The molecule has 1 saturated heterocycles. The van der Waals surface area contributed by atoms with Crippen molar-refractivity contribution < 1.29 is 19.8 Å². The Morgan fingerprint density at radius 1 is 1.03 bits per heavy atom. The molecule has 0 radical (unpaired) electrons. The third kappa shape index (κ3) is 5.63. The van der Waals surface area contributed by atoms with E-state index in [1.165, 1.54) is 11.3 Å². The van der Waals surface area contributed by atoms with Crippen molar-refractivity contribution in [2.75, 3.05) is 45.2 Å². The standard InChI is InChI=1S/C17H19ClN4S.C4H4O4/c1-20-5-7-22(8-6-20)17-13-10-23-11-16(13)21(2)15-4-3-12(18)9-14(15)19-17;5-3(6)1-2-4(7)8/h3-4,9-11H,5-8H2,1-2H3;1-2H,(H,5,6)(H,7,8)/b;2-1+. The van der Waals surface area contributed by atoms with Gasteiger partial charge >= 0.3 is 11.9 Å². The van der Waals surface area contributed by atoms with Crippen LogP contribution in [0.1, 0.15) is 5.56 Å². The van der Waals surface area contributed by atoms with Gasteiger partial charge in [0.15, 0.2) is 0 Å². The minimum absolute atomic E-state index is 0.558. The highest BCUT2D eigenvalue weighted by Crippen LogP contribution is 2.41. The first kappa shape index (κ1) is 22.8. The molecule has 1 fully saturated rings. The van der Waals surface area contributed by atoms with Gasteiger partial charge in [-0.25, -0.2) is 14.6 Å². The molecule has 0 bridgehead atoms. The zero-order chi connectivity index (χ0) is 22.5. The number of nitrogens with zero attached hydrogens (tertiary/aromatic N) is 4. The summed E-state index contributed by atoms with van der Waals surface area (Å²) in [5.74, 6) is -1.44. The molecule has 164 valence electrons. The number of amidine groups is 1. The minimum Gasteiger partial charge on any atom is -0.478 e. The Morgan fingerprint density at radius 2 is 1.68 bits per heavy atom. The maximum absolute atomic E-state index is 9.55. The van der Waals surface area contributed by atoms with E-state index in [1.54, 1.807) is 11.3 Å². The van der Waals surface area contributed by atoms with E-state index < -0.39 is 11.9 Å². The molecule has 4 rings (SSSR count). The van der Waals surface area contributed by atoms with Gasteiger partial charge in [0.05, 0.1) is 22.6 Å². The predicted octanol–water partition coefficient (Wildman–Crippen LogP) is 3.52. The summed E-state index contributed by atoms with van der Waals surface area (Å²) in [5.41, 5.74) is 4.47. The smallest absolute Gasteiger partial charge is 0.328 e. The number of carbonyl (C=O) groups is 2. The van der Waals surface area contributed by atoms with Crippen LogP contribution >= 0.6 is 22.9 Å². The molecule has 8 nitrogen and oxygen atoms in total. The number of aliphatic carboxylic acids is 2. The van der Waals surface area contributed by atoms with Crippen molar-refractivity contribution in [3.63, 3.8) is 0 Å². The van der Waals surface area contributed by atoms with Crippen LogP contribution < -0.4 is 4.90 Å². The molecule has 0 atom stereocenters. The number of anilines is 2. The van der Waals surface area contributed by atoms with Gasteiger partial charge in [-0.3, -0.25) is 0 Å². The molecule has 1 aromatic carbocycles. The molecule has 0 unspecified atom stereocenters. The molecule has 0 amide bonds. The van der Waals surface area contributed by atoms with Gasteiger partial charge in [-0.1, -0.05) is 11.6 Å². The lowest BCUT2D eigenvalue weighted by Crippen LogP contribution is -2.47. The maximum Gasteiger partial charge on any atom is 0.328 e. The summed E-state index contributed by atoms with van der Waals surface area (Å²) in [6.45, 7) is 4.14. The van der Waals surface area contributed by atoms with Gasteiger partial charge in [0, 0.05) is 61.2 Å². The van der Waals surface area contributed by atoms with Crippen molar-refractivity contribution in [3.05, 3.63) is 51.7 Å². The summed E-state index contributed by atoms with van der Waals surface area (Å²) in [7, 11) is 4.27. The number of thiophene rings is 1. The van der Waals surface area contributed by atoms with Crippen LogP contribution in [0.2, 0.25) is 5.02 Å². The normalized spacial score (nSPS) is 16.0. The molecular formula is C21H23ClN4O4S. The summed E-state index contributed by atoms with van der Waals surface area (Å²) in [6.07, 6.45) is 1.12. The number of aliphatic imine (C=N–C) groups is 1. The zero-order valence-electron chi connectivity index (χ0n) is 17.2. The summed E-state index contributed by atoms with van der Waals surface area (Å²) >= 11 is 7.94. The van der Waals surface area contributed by atoms with Crippen LogP contribution in [0.25, 0.3) is 0 Å². The number of carboxylic acids is 2. The molecule has 2 N–H and O–H groups in total. The van der Waals surface area contributed by atoms with Gasteiger partial charge in [-0.05, 0) is 25.2 Å². The molecule has 2 aliphatic rings. The summed E-state index contributed by atoms with van der Waals surface area (Å²) in [6, 6.07) is 5.94. The largest absolute Gasteiger partial charge is 0.478 e. The van der Waals surface area contributed by atoms with Gasteiger partial charge in [0.1, 0.15) is 5.84 Å². The SMILES string of the molecule is CN1CCN(C2=Nc3cc(Cl)ccc3N(C)c3cscc32)CC1.O=C(O)/C=C/C(=O)O. The number of carboxylic acid groups (broad SMARTS) is 2. The second-order valence-electron chi connectivity index (χ2n) is 7.10. The molecule has 3 heterocycles. The van der Waals surface area contributed by atoms with Gasteiger partial charge in [0.25, 0.3) is 0 Å². The van der Waals surface area contributed by atoms with Crippen molar-refractivity contribution in [2.24, 2.45) is 4.99 Å². The van der Waals surface area contributed by atoms with Crippen molar-refractivity contribution in [1.29, 1.82) is 0 Å². The summed E-state index contributed by atoms with van der Waals surface area (Å²) < 4.78 is 0. The number of hydrogen-bond donors (Lipinski definition) is 2. The number of likely N-dealkylation sites (N-methyl/N-ethyl adjacent to an activating group) is 1. The number of fused-ring (bicyclic) bond motifs is 2. The van der Waals surface area contributed by atoms with E-state index in [-0.39, 0.29) is 0 Å². The van der Waals surface area contributed by atoms with E-state index in [1.807, 2.05) is 12.1 Å². The summed E-state index contributed by atoms with van der Waals surface area (Å²) in [4.78, 5) is 31.1. The molecule has 31 heavy (non-hydrogen) atoms. The monoisotopic (exact) mass is 462 g/mol. The van der Waals surface area contributed by atoms with E-state index in [2.05, 4.69) is 45.6 Å². The molecule has 2 aliphatic heterocycles. The lowest BCUT2D eigenvalue weighted by molar-refractivity contribution is -0.134. The molecule has 10 heteroatoms. The van der Waals surface area contributed by atoms with Crippen LogP contribution in [-0.4, -0.2) is 78.1 Å². The Kier molecular flexibility index (Phi) is 7.32. The fourth-order valence-corrected chi connectivity index (χ4v) is 4.30. The predicted molar refractivity (Wildman–Crippen MR) is 124 cm³/mol. The number of benzene rings is 1. The maximum atomic E-state index is 9.55. The van der Waals surface area contributed by atoms with E-state index in [4.69, 9.17) is 26.8 Å². The summed E-state index contributed by atoms with van der Waals surface area (Å²) in [5, 5.41) is 20.8. The van der Waals surface area contributed by atoms with Crippen molar-refractivity contribution in [1.82, 2.24) is 9.80 Å². The number of piperazine rings is 1. The molecule has 1 aromatic heterocycles. The quantitative estimate of drug-likeness (QED) is 0.659. The van der Waals surface area contributed by atoms with Gasteiger partial charge < -0.3 is 24.9 Å². The molecule has 0 aliphatic carbocycles. The van der Waals surface area contributed by atoms with Crippen LogP contribution in [0.5, 0.6) is 0 Å². The second-order valence-corrected chi connectivity index (χ2v) is 8.28. The van der Waals surface area contributed by atoms with Crippen LogP contribution in [0.15, 0.2) is 46.1 Å². The van der Waals surface area contributed by atoms with Gasteiger partial charge in [-0.2, -0.15) is 0 Å². The fraction of sp³-hybridized carbons (Fsp3) is 0.286. The van der Waals surface area contributed by atoms with Gasteiger partial charge in [0.2, 0.25) is 0 Å². The Bertz CT molecular complexity index is 1010. The van der Waals surface area contributed by atoms with Crippen LogP contribution in [0.3, 0.4) is 0 Å². The number of hydrogen-bond acceptors (Lipinski definition) is 7. The fourth-order valence-electron chi connectivity index (χ4n) is 3.29. The van der Waals surface area contributed by atoms with E-state index in [0.29, 0.717) is 12.2 Å².